The summed E-state index contributed by atoms with van der Waals surface area (Å²) in [6.45, 7) is 3.81. The lowest BCUT2D eigenvalue weighted by Gasteiger charge is -2.55. The minimum Gasteiger partial charge on any atom is -0.390 e. The van der Waals surface area contributed by atoms with Gasteiger partial charge in [0.25, 0.3) is 0 Å². The van der Waals surface area contributed by atoms with Crippen LogP contribution in [0.2, 0.25) is 0 Å². The van der Waals surface area contributed by atoms with Crippen LogP contribution in [0.15, 0.2) is 0 Å². The predicted molar refractivity (Wildman–Crippen MR) is 76.9 cm³/mol. The fourth-order valence-electron chi connectivity index (χ4n) is 3.50. The molecular weight excluding hydrogens is 276 g/mol. The van der Waals surface area contributed by atoms with Crippen LogP contribution in [0.4, 0.5) is 0 Å². The fraction of sp³-hybridized carbons (Fsp3) is 1.00. The highest BCUT2D eigenvalue weighted by Gasteiger charge is 2.57. The molecule has 1 aliphatic carbocycles. The average Bonchev–Trinajstić information content (AvgIpc) is 2.48. The Morgan fingerprint density at radius 2 is 1.71 bits per heavy atom. The molecule has 1 saturated carbocycles. The molecule has 4 N–H and O–H groups in total. The van der Waals surface area contributed by atoms with Gasteiger partial charge in [0.2, 0.25) is 0 Å². The minimum atomic E-state index is -0.892. The number of aliphatic hydroxyl groups is 2. The first-order chi connectivity index (χ1) is 9.93. The zero-order valence-electron chi connectivity index (χ0n) is 13.4. The second kappa shape index (κ2) is 6.45. The molecule has 7 nitrogen and oxygen atoms in total. The Bertz CT molecular complexity index is 358. The van der Waals surface area contributed by atoms with E-state index in [-0.39, 0.29) is 12.1 Å². The minimum absolute atomic E-state index is 0.274. The lowest BCUT2D eigenvalue weighted by Crippen LogP contribution is -2.75. The molecule has 2 rings (SSSR count). The number of methoxy groups -OCH3 is 1. The summed E-state index contributed by atoms with van der Waals surface area (Å²) < 4.78 is 17.7. The average molecular weight is 304 g/mol. The van der Waals surface area contributed by atoms with Gasteiger partial charge in [-0.15, -0.1) is 0 Å². The molecule has 1 saturated heterocycles. The fourth-order valence-corrected chi connectivity index (χ4v) is 3.50. The van der Waals surface area contributed by atoms with Crippen LogP contribution in [0.3, 0.4) is 0 Å². The van der Waals surface area contributed by atoms with Gasteiger partial charge in [-0.1, -0.05) is 6.92 Å². The summed E-state index contributed by atoms with van der Waals surface area (Å²) in [5, 5.41) is 27.0. The van der Waals surface area contributed by atoms with E-state index in [0.717, 1.165) is 0 Å². The smallest absolute Gasteiger partial charge is 0.192 e. The molecule has 0 radical (unpaired) electrons. The van der Waals surface area contributed by atoms with Gasteiger partial charge in [-0.2, -0.15) is 0 Å². The molecule has 7 heteroatoms. The first kappa shape index (κ1) is 17.1. The number of aliphatic hydroxyl groups excluding tert-OH is 2. The normalized spacial score (nSPS) is 50.7. The summed E-state index contributed by atoms with van der Waals surface area (Å²) in [4.78, 5) is 0. The van der Waals surface area contributed by atoms with Crippen LogP contribution in [0.5, 0.6) is 0 Å². The van der Waals surface area contributed by atoms with Crippen molar-refractivity contribution in [1.82, 2.24) is 10.6 Å². The zero-order valence-corrected chi connectivity index (χ0v) is 13.4. The van der Waals surface area contributed by atoms with Crippen molar-refractivity contribution in [2.45, 2.75) is 68.7 Å². The van der Waals surface area contributed by atoms with Crippen molar-refractivity contribution < 1.29 is 24.4 Å². The Morgan fingerprint density at radius 3 is 2.19 bits per heavy atom. The number of nitrogens with one attached hydrogen (secondary N) is 2. The first-order valence-electron chi connectivity index (χ1n) is 7.52. The van der Waals surface area contributed by atoms with Crippen molar-refractivity contribution in [2.24, 2.45) is 0 Å². The quantitative estimate of drug-likeness (QED) is 0.520. The summed E-state index contributed by atoms with van der Waals surface area (Å²) in [5.41, 5.74) is 0. The summed E-state index contributed by atoms with van der Waals surface area (Å²) in [6.07, 6.45) is -2.22. The van der Waals surface area contributed by atoms with Gasteiger partial charge in [-0.25, -0.2) is 0 Å². The summed E-state index contributed by atoms with van der Waals surface area (Å²) >= 11 is 0. The number of fused-ring (bicyclic) bond motifs is 1. The maximum Gasteiger partial charge on any atom is 0.192 e. The number of likely N-dealkylation sites (N-methyl/N-ethyl adjacent to an activating group) is 2. The lowest BCUT2D eigenvalue weighted by atomic mass is 9.80. The summed E-state index contributed by atoms with van der Waals surface area (Å²) in [5.74, 6) is -0.892. The molecule has 0 amide bonds. The standard InChI is InChI=1S/C14H28N2O5/c1-6-7-14(2,19-5)21-12-9(16-4)10(17)8(15-3)11(18)13(12)20-7/h7-13,15-18H,6H2,1-5H3. The molecule has 0 spiro atoms. The van der Waals surface area contributed by atoms with Gasteiger partial charge < -0.3 is 35.1 Å². The van der Waals surface area contributed by atoms with Gasteiger partial charge >= 0.3 is 0 Å². The molecule has 2 fully saturated rings. The lowest BCUT2D eigenvalue weighted by molar-refractivity contribution is -0.375. The molecule has 0 aromatic heterocycles. The van der Waals surface area contributed by atoms with Crippen LogP contribution < -0.4 is 10.6 Å². The van der Waals surface area contributed by atoms with Crippen molar-refractivity contribution in [3.63, 3.8) is 0 Å². The zero-order chi connectivity index (χ0) is 15.8. The molecular formula is C14H28N2O5. The molecule has 2 aliphatic rings. The maximum atomic E-state index is 10.5. The second-order valence-corrected chi connectivity index (χ2v) is 5.91. The molecule has 1 aliphatic heterocycles. The third-order valence-electron chi connectivity index (χ3n) is 4.84. The van der Waals surface area contributed by atoms with E-state index in [1.807, 2.05) is 13.8 Å². The van der Waals surface area contributed by atoms with E-state index in [0.29, 0.717) is 6.42 Å². The molecule has 8 unspecified atom stereocenters. The van der Waals surface area contributed by atoms with E-state index in [1.54, 1.807) is 21.2 Å². The van der Waals surface area contributed by atoms with Crippen molar-refractivity contribution in [1.29, 1.82) is 0 Å². The summed E-state index contributed by atoms with van der Waals surface area (Å²) in [7, 11) is 5.05. The highest BCUT2D eigenvalue weighted by atomic mass is 16.7. The molecule has 0 aromatic rings. The molecule has 8 atom stereocenters. The molecule has 21 heavy (non-hydrogen) atoms. The summed E-state index contributed by atoms with van der Waals surface area (Å²) in [6, 6.07) is -0.833. The number of rotatable bonds is 4. The van der Waals surface area contributed by atoms with Crippen LogP contribution in [0, 0.1) is 0 Å². The Balaban J connectivity index is 2.31. The van der Waals surface area contributed by atoms with Gasteiger partial charge in [0.1, 0.15) is 24.4 Å². The predicted octanol–water partition coefficient (Wildman–Crippen LogP) is -1.18. The number of hydrogen-bond donors (Lipinski definition) is 4. The molecule has 0 aromatic carbocycles. The number of ether oxygens (including phenoxy) is 3. The topological polar surface area (TPSA) is 92.2 Å². The third-order valence-corrected chi connectivity index (χ3v) is 4.84. The van der Waals surface area contributed by atoms with Crippen molar-refractivity contribution >= 4 is 0 Å². The van der Waals surface area contributed by atoms with Crippen molar-refractivity contribution in [2.75, 3.05) is 21.2 Å². The van der Waals surface area contributed by atoms with E-state index in [1.165, 1.54) is 0 Å². The van der Waals surface area contributed by atoms with Crippen LogP contribution >= 0.6 is 0 Å². The van der Waals surface area contributed by atoms with Gasteiger partial charge in [0.05, 0.1) is 18.2 Å². The van der Waals surface area contributed by atoms with Crippen LogP contribution in [0.1, 0.15) is 20.3 Å². The molecule has 124 valence electrons. The largest absolute Gasteiger partial charge is 0.390 e. The van der Waals surface area contributed by atoms with E-state index in [4.69, 9.17) is 14.2 Å². The first-order valence-corrected chi connectivity index (χ1v) is 7.52. The Kier molecular flexibility index (Phi) is 5.25. The second-order valence-electron chi connectivity index (χ2n) is 5.91. The van der Waals surface area contributed by atoms with E-state index < -0.39 is 36.2 Å². The monoisotopic (exact) mass is 304 g/mol. The highest BCUT2D eigenvalue weighted by molar-refractivity contribution is 5.08. The Morgan fingerprint density at radius 1 is 1.10 bits per heavy atom. The SMILES string of the molecule is CCC1OC2C(O)C(NC)C(O)C(NC)C2OC1(C)OC. The van der Waals surface area contributed by atoms with Crippen LogP contribution in [-0.4, -0.2) is 79.8 Å². The van der Waals surface area contributed by atoms with E-state index >= 15 is 0 Å². The van der Waals surface area contributed by atoms with Crippen molar-refractivity contribution in [3.05, 3.63) is 0 Å². The Hall–Kier alpha value is -0.280. The van der Waals surface area contributed by atoms with Gasteiger partial charge in [0.15, 0.2) is 5.79 Å². The van der Waals surface area contributed by atoms with Crippen molar-refractivity contribution in [3.8, 4) is 0 Å². The van der Waals surface area contributed by atoms with Gasteiger partial charge in [-0.3, -0.25) is 0 Å². The Labute approximate surface area is 126 Å². The number of hydrogen-bond acceptors (Lipinski definition) is 7. The molecule has 0 bridgehead atoms. The van der Waals surface area contributed by atoms with Crippen LogP contribution in [-0.2, 0) is 14.2 Å². The van der Waals surface area contributed by atoms with Crippen LogP contribution in [0.25, 0.3) is 0 Å². The third kappa shape index (κ3) is 2.72. The van der Waals surface area contributed by atoms with E-state index in [9.17, 15) is 10.2 Å². The maximum absolute atomic E-state index is 10.5. The highest BCUT2D eigenvalue weighted by Crippen LogP contribution is 2.38. The van der Waals surface area contributed by atoms with Gasteiger partial charge in [-0.05, 0) is 27.4 Å². The van der Waals surface area contributed by atoms with Gasteiger partial charge in [0, 0.05) is 7.11 Å². The van der Waals surface area contributed by atoms with E-state index in [2.05, 4.69) is 10.6 Å². The molecule has 1 heterocycles.